The van der Waals surface area contributed by atoms with Crippen LogP contribution in [0.3, 0.4) is 0 Å². The van der Waals surface area contributed by atoms with Gasteiger partial charge >= 0.3 is 0 Å². The van der Waals surface area contributed by atoms with Crippen molar-refractivity contribution in [2.75, 3.05) is 16.0 Å². The molecule has 0 bridgehead atoms. The summed E-state index contributed by atoms with van der Waals surface area (Å²) in [5.74, 6) is -1.08. The topological polar surface area (TPSA) is 87.3 Å². The van der Waals surface area contributed by atoms with Crippen molar-refractivity contribution in [3.63, 3.8) is 0 Å². The number of aryl methyl sites for hydroxylation is 2. The number of hydrogen-bond donors (Lipinski definition) is 3. The quantitative estimate of drug-likeness (QED) is 0.695. The summed E-state index contributed by atoms with van der Waals surface area (Å²) in [5.41, 5.74) is 3.48. The zero-order valence-electron chi connectivity index (χ0n) is 14.8. The van der Waals surface area contributed by atoms with Crippen molar-refractivity contribution < 1.29 is 14.4 Å². The average molecular weight is 374 g/mol. The van der Waals surface area contributed by atoms with Crippen molar-refractivity contribution in [2.24, 2.45) is 0 Å². The summed E-state index contributed by atoms with van der Waals surface area (Å²) in [4.78, 5) is 35.1. The SMILES string of the molecule is CC(=O)Nc1ccc(NC(=O)CC(=O)Nc2c(C)cc(C)cc2Cl)cc1. The molecule has 0 saturated heterocycles. The van der Waals surface area contributed by atoms with Gasteiger partial charge in [-0.2, -0.15) is 0 Å². The highest BCUT2D eigenvalue weighted by atomic mass is 35.5. The first kappa shape index (κ1) is 19.5. The molecule has 0 spiro atoms. The van der Waals surface area contributed by atoms with E-state index in [2.05, 4.69) is 16.0 Å². The molecule has 7 heteroatoms. The molecule has 3 N–H and O–H groups in total. The zero-order valence-corrected chi connectivity index (χ0v) is 15.5. The average Bonchev–Trinajstić information content (AvgIpc) is 2.52. The van der Waals surface area contributed by atoms with E-state index < -0.39 is 11.8 Å². The summed E-state index contributed by atoms with van der Waals surface area (Å²) >= 11 is 6.15. The van der Waals surface area contributed by atoms with Crippen LogP contribution in [-0.2, 0) is 14.4 Å². The number of anilines is 3. The van der Waals surface area contributed by atoms with Crippen LogP contribution in [0.4, 0.5) is 17.1 Å². The Labute approximate surface area is 156 Å². The second-order valence-electron chi connectivity index (χ2n) is 5.97. The van der Waals surface area contributed by atoms with Crippen LogP contribution >= 0.6 is 11.6 Å². The molecule has 0 saturated carbocycles. The van der Waals surface area contributed by atoms with Crippen LogP contribution in [0, 0.1) is 13.8 Å². The van der Waals surface area contributed by atoms with Gasteiger partial charge in [0.1, 0.15) is 6.42 Å². The highest BCUT2D eigenvalue weighted by Gasteiger charge is 2.13. The molecular formula is C19H20ClN3O3. The van der Waals surface area contributed by atoms with E-state index in [-0.39, 0.29) is 12.3 Å². The summed E-state index contributed by atoms with van der Waals surface area (Å²) < 4.78 is 0. The third-order valence-electron chi connectivity index (χ3n) is 3.51. The van der Waals surface area contributed by atoms with Crippen LogP contribution in [-0.4, -0.2) is 17.7 Å². The van der Waals surface area contributed by atoms with E-state index in [9.17, 15) is 14.4 Å². The molecule has 0 aromatic heterocycles. The Morgan fingerprint density at radius 3 is 1.96 bits per heavy atom. The van der Waals surface area contributed by atoms with Crippen LogP contribution in [0.1, 0.15) is 24.5 Å². The molecule has 2 aromatic carbocycles. The molecular weight excluding hydrogens is 354 g/mol. The van der Waals surface area contributed by atoms with Gasteiger partial charge in [0, 0.05) is 18.3 Å². The fraction of sp³-hybridized carbons (Fsp3) is 0.211. The summed E-state index contributed by atoms with van der Waals surface area (Å²) in [6.07, 6.45) is -0.336. The fourth-order valence-electron chi connectivity index (χ4n) is 2.45. The summed E-state index contributed by atoms with van der Waals surface area (Å²) in [5, 5.41) is 8.37. The smallest absolute Gasteiger partial charge is 0.233 e. The third kappa shape index (κ3) is 5.60. The van der Waals surface area contributed by atoms with Crippen molar-refractivity contribution in [3.8, 4) is 0 Å². The normalized spacial score (nSPS) is 10.2. The minimum atomic E-state index is -0.453. The Kier molecular flexibility index (Phi) is 6.36. The molecule has 2 aromatic rings. The van der Waals surface area contributed by atoms with E-state index in [4.69, 9.17) is 11.6 Å². The predicted octanol–water partition coefficient (Wildman–Crippen LogP) is 3.88. The Balaban J connectivity index is 1.93. The maximum absolute atomic E-state index is 12.1. The number of benzene rings is 2. The number of rotatable bonds is 5. The zero-order chi connectivity index (χ0) is 19.3. The van der Waals surface area contributed by atoms with E-state index in [1.807, 2.05) is 19.9 Å². The van der Waals surface area contributed by atoms with Crippen LogP contribution in [0.15, 0.2) is 36.4 Å². The van der Waals surface area contributed by atoms with Gasteiger partial charge in [0.25, 0.3) is 0 Å². The van der Waals surface area contributed by atoms with Gasteiger partial charge in [0.05, 0.1) is 10.7 Å². The summed E-state index contributed by atoms with van der Waals surface area (Å²) in [6.45, 7) is 5.16. The maximum Gasteiger partial charge on any atom is 0.233 e. The number of hydrogen-bond acceptors (Lipinski definition) is 3. The van der Waals surface area contributed by atoms with Crippen LogP contribution in [0.2, 0.25) is 5.02 Å². The van der Waals surface area contributed by atoms with Crippen molar-refractivity contribution in [1.29, 1.82) is 0 Å². The van der Waals surface area contributed by atoms with Crippen LogP contribution < -0.4 is 16.0 Å². The molecule has 3 amide bonds. The van der Waals surface area contributed by atoms with Gasteiger partial charge < -0.3 is 16.0 Å². The van der Waals surface area contributed by atoms with Gasteiger partial charge in [-0.25, -0.2) is 0 Å². The number of halogens is 1. The van der Waals surface area contributed by atoms with Crippen molar-refractivity contribution >= 4 is 46.4 Å². The lowest BCUT2D eigenvalue weighted by atomic mass is 10.1. The molecule has 0 radical (unpaired) electrons. The molecule has 0 atom stereocenters. The first-order valence-electron chi connectivity index (χ1n) is 7.98. The second kappa shape index (κ2) is 8.49. The molecule has 0 aliphatic heterocycles. The Morgan fingerprint density at radius 2 is 1.42 bits per heavy atom. The number of carbonyl (C=O) groups excluding carboxylic acids is 3. The monoisotopic (exact) mass is 373 g/mol. The first-order valence-corrected chi connectivity index (χ1v) is 8.36. The molecule has 26 heavy (non-hydrogen) atoms. The number of nitrogens with one attached hydrogen (secondary N) is 3. The van der Waals surface area contributed by atoms with Gasteiger partial charge in [-0.05, 0) is 55.3 Å². The van der Waals surface area contributed by atoms with Gasteiger partial charge in [-0.15, -0.1) is 0 Å². The Morgan fingerprint density at radius 1 is 0.885 bits per heavy atom. The van der Waals surface area contributed by atoms with E-state index in [0.29, 0.717) is 22.1 Å². The number of carbonyl (C=O) groups is 3. The second-order valence-corrected chi connectivity index (χ2v) is 6.38. The molecule has 6 nitrogen and oxygen atoms in total. The molecule has 0 unspecified atom stereocenters. The Hall–Kier alpha value is -2.86. The van der Waals surface area contributed by atoms with Gasteiger partial charge in [-0.3, -0.25) is 14.4 Å². The maximum atomic E-state index is 12.1. The summed E-state index contributed by atoms with van der Waals surface area (Å²) in [7, 11) is 0. The van der Waals surface area contributed by atoms with E-state index in [1.54, 1.807) is 30.3 Å². The number of amides is 3. The van der Waals surface area contributed by atoms with Crippen molar-refractivity contribution in [3.05, 3.63) is 52.5 Å². The Bertz CT molecular complexity index is 825. The van der Waals surface area contributed by atoms with Crippen LogP contribution in [0.25, 0.3) is 0 Å². The molecule has 0 fully saturated rings. The molecule has 0 aliphatic rings. The largest absolute Gasteiger partial charge is 0.326 e. The minimum Gasteiger partial charge on any atom is -0.326 e. The molecule has 136 valence electrons. The van der Waals surface area contributed by atoms with Crippen molar-refractivity contribution in [2.45, 2.75) is 27.2 Å². The lowest BCUT2D eigenvalue weighted by Gasteiger charge is -2.12. The third-order valence-corrected chi connectivity index (χ3v) is 3.80. The van der Waals surface area contributed by atoms with Gasteiger partial charge in [0.2, 0.25) is 17.7 Å². The first-order chi connectivity index (χ1) is 12.2. The van der Waals surface area contributed by atoms with Gasteiger partial charge in [0.15, 0.2) is 0 Å². The standard InChI is InChI=1S/C19H20ClN3O3/c1-11-8-12(2)19(16(20)9-11)23-18(26)10-17(25)22-15-6-4-14(5-7-15)21-13(3)24/h4-9H,10H2,1-3H3,(H,21,24)(H,22,25)(H,23,26). The van der Waals surface area contributed by atoms with E-state index in [0.717, 1.165) is 11.1 Å². The van der Waals surface area contributed by atoms with E-state index >= 15 is 0 Å². The van der Waals surface area contributed by atoms with Crippen molar-refractivity contribution in [1.82, 2.24) is 0 Å². The van der Waals surface area contributed by atoms with Gasteiger partial charge in [-0.1, -0.05) is 17.7 Å². The fourth-order valence-corrected chi connectivity index (χ4v) is 2.82. The molecule has 0 heterocycles. The predicted molar refractivity (Wildman–Crippen MR) is 104 cm³/mol. The van der Waals surface area contributed by atoms with E-state index in [1.165, 1.54) is 6.92 Å². The highest BCUT2D eigenvalue weighted by Crippen LogP contribution is 2.27. The lowest BCUT2D eigenvalue weighted by molar-refractivity contribution is -0.123. The highest BCUT2D eigenvalue weighted by molar-refractivity contribution is 6.34. The minimum absolute atomic E-state index is 0.177. The lowest BCUT2D eigenvalue weighted by Crippen LogP contribution is -2.22. The molecule has 2 rings (SSSR count). The summed E-state index contributed by atoms with van der Waals surface area (Å²) in [6, 6.07) is 10.3. The molecule has 0 aliphatic carbocycles. The van der Waals surface area contributed by atoms with Crippen LogP contribution in [0.5, 0.6) is 0 Å².